The molecule has 2 aromatic rings. The Bertz CT molecular complexity index is 448. The van der Waals surface area contributed by atoms with Gasteiger partial charge in [0.15, 0.2) is 0 Å². The van der Waals surface area contributed by atoms with E-state index >= 15 is 0 Å². The van der Waals surface area contributed by atoms with Gasteiger partial charge in [0.05, 0.1) is 9.90 Å². The third-order valence-electron chi connectivity index (χ3n) is 2.12. The van der Waals surface area contributed by atoms with Gasteiger partial charge in [0.25, 0.3) is 0 Å². The summed E-state index contributed by atoms with van der Waals surface area (Å²) in [5.41, 5.74) is 2.16. The molecule has 0 amide bonds. The largest absolute Gasteiger partial charge is 0.257 e. The molecular weight excluding hydrogens is 248 g/mol. The molecule has 80 valence electrons. The minimum atomic E-state index is 0.747. The van der Waals surface area contributed by atoms with Crippen LogP contribution >= 0.6 is 34.7 Å². The maximum Gasteiger partial charge on any atom is 0.131 e. The van der Waals surface area contributed by atoms with Crippen LogP contribution in [0.25, 0.3) is 0 Å². The predicted molar refractivity (Wildman–Crippen MR) is 66.8 cm³/mol. The summed E-state index contributed by atoms with van der Waals surface area (Å²) in [5, 5.41) is 7.12. The first-order valence-corrected chi connectivity index (χ1v) is 6.77. The van der Waals surface area contributed by atoms with Crippen LogP contribution in [-0.4, -0.2) is 9.78 Å². The van der Waals surface area contributed by atoms with Gasteiger partial charge in [-0.2, -0.15) is 5.10 Å². The average Bonchev–Trinajstić information content (AvgIpc) is 2.76. The molecule has 5 heteroatoms. The van der Waals surface area contributed by atoms with Gasteiger partial charge in [-0.1, -0.05) is 17.7 Å². The fourth-order valence-corrected chi connectivity index (χ4v) is 3.52. The van der Waals surface area contributed by atoms with E-state index in [2.05, 4.69) is 22.6 Å². The highest BCUT2D eigenvalue weighted by atomic mass is 35.5. The molecule has 0 aromatic carbocycles. The zero-order chi connectivity index (χ0) is 10.8. The smallest absolute Gasteiger partial charge is 0.131 e. The van der Waals surface area contributed by atoms with Crippen molar-refractivity contribution in [2.24, 2.45) is 7.05 Å². The summed E-state index contributed by atoms with van der Waals surface area (Å²) in [6, 6.07) is 4.18. The Hall–Kier alpha value is -0.450. The average molecular weight is 259 g/mol. The van der Waals surface area contributed by atoms with Gasteiger partial charge in [-0.25, -0.2) is 0 Å². The molecule has 0 N–H and O–H groups in total. The van der Waals surface area contributed by atoms with Gasteiger partial charge in [-0.05, 0) is 18.4 Å². The lowest BCUT2D eigenvalue weighted by Gasteiger charge is -1.98. The molecule has 2 nitrogen and oxygen atoms in total. The molecule has 0 aliphatic rings. The summed E-state index contributed by atoms with van der Waals surface area (Å²) in [5.74, 6) is 0.888. The summed E-state index contributed by atoms with van der Waals surface area (Å²) in [6.07, 6.45) is 0. The first-order chi connectivity index (χ1) is 7.18. The van der Waals surface area contributed by atoms with Crippen LogP contribution in [0.3, 0.4) is 0 Å². The van der Waals surface area contributed by atoms with E-state index in [1.165, 1.54) is 4.21 Å². The van der Waals surface area contributed by atoms with E-state index in [0.717, 1.165) is 22.2 Å². The number of thioether (sulfide) groups is 1. The van der Waals surface area contributed by atoms with E-state index < -0.39 is 0 Å². The molecule has 0 saturated heterocycles. The highest BCUT2D eigenvalue weighted by Gasteiger charge is 2.11. The molecule has 2 aromatic heterocycles. The van der Waals surface area contributed by atoms with Crippen molar-refractivity contribution < 1.29 is 0 Å². The molecule has 0 bridgehead atoms. The summed E-state index contributed by atoms with van der Waals surface area (Å²) >= 11 is 9.70. The van der Waals surface area contributed by atoms with Gasteiger partial charge in [0, 0.05) is 18.4 Å². The Morgan fingerprint density at radius 2 is 2.40 bits per heavy atom. The van der Waals surface area contributed by atoms with E-state index in [9.17, 15) is 0 Å². The van der Waals surface area contributed by atoms with Crippen molar-refractivity contribution in [1.82, 2.24) is 9.78 Å². The number of rotatable bonds is 3. The standard InChI is InChI=1S/C10H11ClN2S2/c1-7-8(10(11)13(2)12-7)6-15-9-4-3-5-14-9/h3-5H,6H2,1-2H3. The first-order valence-electron chi connectivity index (χ1n) is 4.52. The van der Waals surface area contributed by atoms with Crippen LogP contribution < -0.4 is 0 Å². The second kappa shape index (κ2) is 4.60. The third kappa shape index (κ3) is 2.38. The molecule has 0 radical (unpaired) electrons. The SMILES string of the molecule is Cc1nn(C)c(Cl)c1CSc1cccs1. The van der Waals surface area contributed by atoms with Crippen molar-refractivity contribution >= 4 is 34.7 Å². The fourth-order valence-electron chi connectivity index (χ4n) is 1.33. The normalized spacial score (nSPS) is 10.9. The third-order valence-corrected chi connectivity index (χ3v) is 4.75. The van der Waals surface area contributed by atoms with Crippen LogP contribution in [0.5, 0.6) is 0 Å². The van der Waals surface area contributed by atoms with E-state index in [-0.39, 0.29) is 0 Å². The Morgan fingerprint density at radius 1 is 1.60 bits per heavy atom. The Labute approximate surface area is 102 Å². The quantitative estimate of drug-likeness (QED) is 0.781. The van der Waals surface area contributed by atoms with Gasteiger partial charge in [-0.3, -0.25) is 4.68 Å². The summed E-state index contributed by atoms with van der Waals surface area (Å²) in [4.78, 5) is 0. The molecule has 0 fully saturated rings. The summed E-state index contributed by atoms with van der Waals surface area (Å²) in [7, 11) is 1.87. The molecule has 2 heterocycles. The highest BCUT2D eigenvalue weighted by molar-refractivity contribution is 8.00. The van der Waals surface area contributed by atoms with E-state index in [0.29, 0.717) is 0 Å². The fraction of sp³-hybridized carbons (Fsp3) is 0.300. The number of hydrogen-bond donors (Lipinski definition) is 0. The number of aryl methyl sites for hydroxylation is 2. The van der Waals surface area contributed by atoms with Gasteiger partial charge >= 0.3 is 0 Å². The molecular formula is C10H11ClN2S2. The number of nitrogens with zero attached hydrogens (tertiary/aromatic N) is 2. The van der Waals surface area contributed by atoms with Gasteiger partial charge in [0.1, 0.15) is 5.15 Å². The minimum Gasteiger partial charge on any atom is -0.257 e. The second-order valence-corrected chi connectivity index (χ2v) is 5.78. The number of hydrogen-bond acceptors (Lipinski definition) is 3. The van der Waals surface area contributed by atoms with E-state index in [1.54, 1.807) is 27.8 Å². The summed E-state index contributed by atoms with van der Waals surface area (Å²) < 4.78 is 3.04. The van der Waals surface area contributed by atoms with Crippen LogP contribution in [0.4, 0.5) is 0 Å². The molecule has 15 heavy (non-hydrogen) atoms. The van der Waals surface area contributed by atoms with E-state index in [1.807, 2.05) is 14.0 Å². The van der Waals surface area contributed by atoms with Gasteiger partial charge in [-0.15, -0.1) is 23.1 Å². The van der Waals surface area contributed by atoms with Crippen LogP contribution in [-0.2, 0) is 12.8 Å². The van der Waals surface area contributed by atoms with E-state index in [4.69, 9.17) is 11.6 Å². The number of aromatic nitrogens is 2. The van der Waals surface area contributed by atoms with Crippen molar-refractivity contribution in [3.05, 3.63) is 33.9 Å². The summed E-state index contributed by atoms with van der Waals surface area (Å²) in [6.45, 7) is 2.00. The van der Waals surface area contributed by atoms with Crippen LogP contribution in [0.1, 0.15) is 11.3 Å². The first kappa shape index (κ1) is 11.0. The predicted octanol–water partition coefficient (Wildman–Crippen LogP) is 3.74. The minimum absolute atomic E-state index is 0.747. The van der Waals surface area contributed by atoms with Crippen LogP contribution in [0, 0.1) is 6.92 Å². The topological polar surface area (TPSA) is 17.8 Å². The van der Waals surface area contributed by atoms with Crippen LogP contribution in [0.15, 0.2) is 21.7 Å². The lowest BCUT2D eigenvalue weighted by molar-refractivity contribution is 0.757. The molecule has 0 aliphatic heterocycles. The maximum absolute atomic E-state index is 6.14. The number of thiophene rings is 1. The monoisotopic (exact) mass is 258 g/mol. The lowest BCUT2D eigenvalue weighted by Crippen LogP contribution is -1.89. The zero-order valence-corrected chi connectivity index (χ0v) is 10.9. The maximum atomic E-state index is 6.14. The molecule has 0 atom stereocenters. The van der Waals surface area contributed by atoms with Crippen molar-refractivity contribution in [3.63, 3.8) is 0 Å². The van der Waals surface area contributed by atoms with Crippen molar-refractivity contribution in [2.75, 3.05) is 0 Å². The number of halogens is 1. The molecule has 2 rings (SSSR count). The van der Waals surface area contributed by atoms with Crippen LogP contribution in [0.2, 0.25) is 5.15 Å². The second-order valence-electron chi connectivity index (χ2n) is 3.20. The Morgan fingerprint density at radius 3 is 2.93 bits per heavy atom. The van der Waals surface area contributed by atoms with Crippen molar-refractivity contribution in [3.8, 4) is 0 Å². The van der Waals surface area contributed by atoms with Gasteiger partial charge in [0.2, 0.25) is 0 Å². The molecule has 0 spiro atoms. The lowest BCUT2D eigenvalue weighted by atomic mass is 10.3. The Kier molecular flexibility index (Phi) is 3.38. The van der Waals surface area contributed by atoms with Crippen molar-refractivity contribution in [1.29, 1.82) is 0 Å². The molecule has 0 aliphatic carbocycles. The molecule has 0 saturated carbocycles. The van der Waals surface area contributed by atoms with Gasteiger partial charge < -0.3 is 0 Å². The zero-order valence-electron chi connectivity index (χ0n) is 8.53. The highest BCUT2D eigenvalue weighted by Crippen LogP contribution is 2.30. The molecule has 0 unspecified atom stereocenters. The van der Waals surface area contributed by atoms with Crippen molar-refractivity contribution in [2.45, 2.75) is 16.9 Å². The Balaban J connectivity index is 2.11.